The zero-order valence-electron chi connectivity index (χ0n) is 14.1. The van der Waals surface area contributed by atoms with Crippen molar-refractivity contribution >= 4 is 11.8 Å². The van der Waals surface area contributed by atoms with Crippen LogP contribution in [0.3, 0.4) is 0 Å². The van der Waals surface area contributed by atoms with Crippen LogP contribution in [-0.4, -0.2) is 28.3 Å². The first kappa shape index (κ1) is 16.0. The molecule has 3 rings (SSSR count). The highest BCUT2D eigenvalue weighted by Gasteiger charge is 2.47. The summed E-state index contributed by atoms with van der Waals surface area (Å²) in [6.07, 6.45) is 5.57. The Morgan fingerprint density at radius 3 is 2.70 bits per heavy atom. The van der Waals surface area contributed by atoms with Crippen molar-refractivity contribution in [2.45, 2.75) is 70.5 Å². The lowest BCUT2D eigenvalue weighted by molar-refractivity contribution is -0.141. The van der Waals surface area contributed by atoms with Crippen LogP contribution < -0.4 is 5.32 Å². The largest absolute Gasteiger partial charge is 0.351 e. The standard InChI is InChI=1S/C19H26N2O2/c1-14-7-3-4-8-15(14)13-21-17(22)11-12-19(21,2)18(23)20-16-9-5-6-10-16/h3-4,7-8,16H,5-6,9-13H2,1-2H3,(H,20,23)/t19-/m0/s1. The molecule has 1 aliphatic heterocycles. The maximum absolute atomic E-state index is 12.8. The van der Waals surface area contributed by atoms with E-state index < -0.39 is 5.54 Å². The Hall–Kier alpha value is -1.84. The van der Waals surface area contributed by atoms with Gasteiger partial charge in [0.1, 0.15) is 5.54 Å². The first-order valence-electron chi connectivity index (χ1n) is 8.66. The maximum Gasteiger partial charge on any atom is 0.245 e. The fourth-order valence-corrected chi connectivity index (χ4v) is 3.76. The first-order valence-corrected chi connectivity index (χ1v) is 8.66. The van der Waals surface area contributed by atoms with Gasteiger partial charge in [-0.1, -0.05) is 37.1 Å². The van der Waals surface area contributed by atoms with E-state index in [9.17, 15) is 9.59 Å². The van der Waals surface area contributed by atoms with Gasteiger partial charge in [-0.05, 0) is 44.2 Å². The third-order valence-electron chi connectivity index (χ3n) is 5.49. The molecule has 1 aromatic carbocycles. The fourth-order valence-electron chi connectivity index (χ4n) is 3.76. The Labute approximate surface area is 138 Å². The number of benzene rings is 1. The van der Waals surface area contributed by atoms with Crippen molar-refractivity contribution < 1.29 is 9.59 Å². The summed E-state index contributed by atoms with van der Waals surface area (Å²) in [5, 5.41) is 3.18. The van der Waals surface area contributed by atoms with Gasteiger partial charge in [0.15, 0.2) is 0 Å². The monoisotopic (exact) mass is 314 g/mol. The Morgan fingerprint density at radius 2 is 2.00 bits per heavy atom. The van der Waals surface area contributed by atoms with Crippen LogP contribution in [0.4, 0.5) is 0 Å². The van der Waals surface area contributed by atoms with Crippen LogP contribution in [-0.2, 0) is 16.1 Å². The van der Waals surface area contributed by atoms with Gasteiger partial charge in [-0.25, -0.2) is 0 Å². The Kier molecular flexibility index (Phi) is 4.42. The second kappa shape index (κ2) is 6.34. The van der Waals surface area contributed by atoms with Gasteiger partial charge < -0.3 is 10.2 Å². The molecule has 23 heavy (non-hydrogen) atoms. The highest BCUT2D eigenvalue weighted by atomic mass is 16.2. The van der Waals surface area contributed by atoms with E-state index in [2.05, 4.69) is 5.32 Å². The molecule has 1 atom stereocenters. The van der Waals surface area contributed by atoms with Crippen molar-refractivity contribution in [3.8, 4) is 0 Å². The van der Waals surface area contributed by atoms with E-state index in [-0.39, 0.29) is 17.9 Å². The quantitative estimate of drug-likeness (QED) is 0.929. The van der Waals surface area contributed by atoms with Gasteiger partial charge in [-0.3, -0.25) is 9.59 Å². The summed E-state index contributed by atoms with van der Waals surface area (Å²) in [7, 11) is 0. The lowest BCUT2D eigenvalue weighted by atomic mass is 9.96. The molecular formula is C19H26N2O2. The van der Waals surface area contributed by atoms with Crippen LogP contribution in [0.25, 0.3) is 0 Å². The fraction of sp³-hybridized carbons (Fsp3) is 0.579. The second-order valence-corrected chi connectivity index (χ2v) is 7.14. The highest BCUT2D eigenvalue weighted by molar-refractivity contribution is 5.94. The number of nitrogens with one attached hydrogen (secondary N) is 1. The van der Waals surface area contributed by atoms with Gasteiger partial charge in [0.2, 0.25) is 11.8 Å². The topological polar surface area (TPSA) is 49.4 Å². The molecule has 1 heterocycles. The van der Waals surface area contributed by atoms with Crippen molar-refractivity contribution in [2.75, 3.05) is 0 Å². The van der Waals surface area contributed by atoms with E-state index >= 15 is 0 Å². The molecule has 0 radical (unpaired) electrons. The summed E-state index contributed by atoms with van der Waals surface area (Å²) in [5.74, 6) is 0.0983. The number of hydrogen-bond acceptors (Lipinski definition) is 2. The van der Waals surface area contributed by atoms with Gasteiger partial charge in [0.05, 0.1) is 0 Å². The molecular weight excluding hydrogens is 288 g/mol. The van der Waals surface area contributed by atoms with Gasteiger partial charge in [0, 0.05) is 19.0 Å². The van der Waals surface area contributed by atoms with E-state index in [0.29, 0.717) is 19.4 Å². The number of likely N-dealkylation sites (tertiary alicyclic amines) is 1. The van der Waals surface area contributed by atoms with E-state index in [4.69, 9.17) is 0 Å². The third-order valence-corrected chi connectivity index (χ3v) is 5.49. The minimum absolute atomic E-state index is 0.0174. The molecule has 2 aliphatic rings. The van der Waals surface area contributed by atoms with Crippen molar-refractivity contribution in [2.24, 2.45) is 0 Å². The molecule has 4 heteroatoms. The Bertz CT molecular complexity index is 607. The molecule has 1 saturated heterocycles. The van der Waals surface area contributed by atoms with Gasteiger partial charge in [-0.2, -0.15) is 0 Å². The minimum Gasteiger partial charge on any atom is -0.351 e. The average molecular weight is 314 g/mol. The van der Waals surface area contributed by atoms with Crippen LogP contribution in [0.5, 0.6) is 0 Å². The molecule has 0 bridgehead atoms. The van der Waals surface area contributed by atoms with Crippen molar-refractivity contribution in [3.05, 3.63) is 35.4 Å². The normalized spacial score (nSPS) is 25.1. The zero-order valence-corrected chi connectivity index (χ0v) is 14.1. The number of carbonyl (C=O) groups is 2. The molecule has 2 amide bonds. The van der Waals surface area contributed by atoms with Crippen molar-refractivity contribution in [1.29, 1.82) is 0 Å². The zero-order chi connectivity index (χ0) is 16.4. The first-order chi connectivity index (χ1) is 11.0. The molecule has 0 unspecified atom stereocenters. The summed E-state index contributed by atoms with van der Waals surface area (Å²) < 4.78 is 0. The molecule has 1 aromatic rings. The molecule has 0 aromatic heterocycles. The molecule has 0 spiro atoms. The minimum atomic E-state index is -0.720. The molecule has 124 valence electrons. The summed E-state index contributed by atoms with van der Waals surface area (Å²) in [6.45, 7) is 4.48. The van der Waals surface area contributed by atoms with E-state index in [0.717, 1.165) is 24.0 Å². The summed E-state index contributed by atoms with van der Waals surface area (Å²) in [5.41, 5.74) is 1.55. The van der Waals surface area contributed by atoms with Gasteiger partial charge in [-0.15, -0.1) is 0 Å². The molecule has 4 nitrogen and oxygen atoms in total. The molecule has 1 saturated carbocycles. The lowest BCUT2D eigenvalue weighted by Gasteiger charge is -2.35. The average Bonchev–Trinajstić information content (AvgIpc) is 3.13. The van der Waals surface area contributed by atoms with Gasteiger partial charge in [0.25, 0.3) is 0 Å². The molecule has 1 aliphatic carbocycles. The van der Waals surface area contributed by atoms with Crippen molar-refractivity contribution in [3.63, 3.8) is 0 Å². The van der Waals surface area contributed by atoms with Gasteiger partial charge >= 0.3 is 0 Å². The van der Waals surface area contributed by atoms with E-state index in [1.807, 2.05) is 38.1 Å². The number of rotatable bonds is 4. The van der Waals surface area contributed by atoms with E-state index in [1.54, 1.807) is 4.90 Å². The SMILES string of the molecule is Cc1ccccc1CN1C(=O)CC[C@@]1(C)C(=O)NC1CCCC1. The number of nitrogens with zero attached hydrogens (tertiary/aromatic N) is 1. The summed E-state index contributed by atoms with van der Waals surface area (Å²) in [6, 6.07) is 8.35. The summed E-state index contributed by atoms with van der Waals surface area (Å²) in [4.78, 5) is 27.0. The second-order valence-electron chi connectivity index (χ2n) is 7.14. The number of hydrogen-bond donors (Lipinski definition) is 1. The number of carbonyl (C=O) groups excluding carboxylic acids is 2. The smallest absolute Gasteiger partial charge is 0.245 e. The Balaban J connectivity index is 1.77. The van der Waals surface area contributed by atoms with Crippen LogP contribution >= 0.6 is 0 Å². The van der Waals surface area contributed by atoms with Crippen LogP contribution in [0.1, 0.15) is 56.6 Å². The molecule has 2 fully saturated rings. The predicted molar refractivity (Wildman–Crippen MR) is 89.8 cm³/mol. The number of aryl methyl sites for hydroxylation is 1. The van der Waals surface area contributed by atoms with Crippen LogP contribution in [0.15, 0.2) is 24.3 Å². The molecule has 1 N–H and O–H groups in total. The number of amides is 2. The lowest BCUT2D eigenvalue weighted by Crippen LogP contribution is -2.55. The van der Waals surface area contributed by atoms with Crippen LogP contribution in [0, 0.1) is 6.92 Å². The predicted octanol–water partition coefficient (Wildman–Crippen LogP) is 2.93. The summed E-state index contributed by atoms with van der Waals surface area (Å²) >= 11 is 0. The maximum atomic E-state index is 12.8. The Morgan fingerprint density at radius 1 is 1.30 bits per heavy atom. The highest BCUT2D eigenvalue weighted by Crippen LogP contribution is 2.33. The van der Waals surface area contributed by atoms with E-state index in [1.165, 1.54) is 12.8 Å². The third kappa shape index (κ3) is 3.12. The van der Waals surface area contributed by atoms with Crippen molar-refractivity contribution in [1.82, 2.24) is 10.2 Å². The van der Waals surface area contributed by atoms with Crippen LogP contribution in [0.2, 0.25) is 0 Å².